The Bertz CT molecular complexity index is 625. The minimum Gasteiger partial charge on any atom is -0.481 e. The van der Waals surface area contributed by atoms with Crippen molar-refractivity contribution in [2.24, 2.45) is 11.7 Å². The van der Waals surface area contributed by atoms with Gasteiger partial charge >= 0.3 is 11.9 Å². The number of nitrogens with zero attached hydrogens (tertiary/aromatic N) is 1. The van der Waals surface area contributed by atoms with Gasteiger partial charge in [-0.1, -0.05) is 20.3 Å². The van der Waals surface area contributed by atoms with Gasteiger partial charge in [0.25, 0.3) is 0 Å². The molecule has 4 unspecified atom stereocenters. The number of nitrogens with one attached hydrogen (secondary N) is 2. The van der Waals surface area contributed by atoms with E-state index in [0.29, 0.717) is 25.8 Å². The maximum Gasteiger partial charge on any atom is 0.326 e. The molecular weight excluding hydrogens is 372 g/mol. The van der Waals surface area contributed by atoms with Gasteiger partial charge in [0.05, 0.1) is 19.0 Å². The van der Waals surface area contributed by atoms with Crippen molar-refractivity contribution < 1.29 is 34.2 Å². The summed E-state index contributed by atoms with van der Waals surface area (Å²) in [6, 6.07) is -3.15. The van der Waals surface area contributed by atoms with Crippen LogP contribution < -0.4 is 16.4 Å². The number of carboxylic acid groups (broad SMARTS) is 2. The summed E-state index contributed by atoms with van der Waals surface area (Å²) < 4.78 is 0. The van der Waals surface area contributed by atoms with Crippen LogP contribution in [0, 0.1) is 5.92 Å². The zero-order valence-corrected chi connectivity index (χ0v) is 16.0. The van der Waals surface area contributed by atoms with Crippen molar-refractivity contribution >= 4 is 29.7 Å². The number of aliphatic carboxylic acids is 2. The third-order valence-corrected chi connectivity index (χ3v) is 4.80. The molecule has 1 aliphatic heterocycles. The highest BCUT2D eigenvalue weighted by atomic mass is 16.4. The minimum absolute atomic E-state index is 0.276. The van der Waals surface area contributed by atoms with Crippen LogP contribution in [0.3, 0.4) is 0 Å². The van der Waals surface area contributed by atoms with Crippen LogP contribution >= 0.6 is 0 Å². The highest BCUT2D eigenvalue weighted by molar-refractivity contribution is 5.93. The van der Waals surface area contributed by atoms with Crippen molar-refractivity contribution in [3.63, 3.8) is 0 Å². The molecule has 0 aromatic rings. The Balaban J connectivity index is 2.66. The highest BCUT2D eigenvalue weighted by Crippen LogP contribution is 2.18. The second-order valence-electron chi connectivity index (χ2n) is 6.88. The van der Waals surface area contributed by atoms with Crippen LogP contribution in [-0.2, 0) is 24.0 Å². The van der Waals surface area contributed by atoms with Crippen LogP contribution in [0.2, 0.25) is 0 Å². The van der Waals surface area contributed by atoms with Crippen molar-refractivity contribution in [2.75, 3.05) is 13.1 Å². The number of likely N-dealkylation sites (tertiary alicyclic amines) is 1. The predicted molar refractivity (Wildman–Crippen MR) is 97.0 cm³/mol. The molecule has 0 aromatic heterocycles. The van der Waals surface area contributed by atoms with E-state index in [2.05, 4.69) is 10.6 Å². The molecule has 1 rings (SSSR count). The maximum absolute atomic E-state index is 12.5. The molecular formula is C17H28N4O7. The van der Waals surface area contributed by atoms with Crippen molar-refractivity contribution in [2.45, 2.75) is 57.7 Å². The molecule has 0 spiro atoms. The fourth-order valence-corrected chi connectivity index (χ4v) is 2.95. The molecule has 158 valence electrons. The van der Waals surface area contributed by atoms with E-state index in [1.165, 1.54) is 4.90 Å². The predicted octanol–water partition coefficient (Wildman–Crippen LogP) is -1.49. The molecule has 1 heterocycles. The van der Waals surface area contributed by atoms with Crippen LogP contribution in [-0.4, -0.2) is 76.0 Å². The Labute approximate surface area is 162 Å². The van der Waals surface area contributed by atoms with Crippen molar-refractivity contribution in [3.8, 4) is 0 Å². The van der Waals surface area contributed by atoms with Crippen LogP contribution in [0.25, 0.3) is 0 Å². The van der Waals surface area contributed by atoms with Gasteiger partial charge in [-0.05, 0) is 18.8 Å². The van der Waals surface area contributed by atoms with Gasteiger partial charge in [0, 0.05) is 6.54 Å². The first-order chi connectivity index (χ1) is 13.1. The molecule has 1 saturated heterocycles. The third kappa shape index (κ3) is 6.48. The molecule has 11 heteroatoms. The standard InChI is InChI=1S/C17H28N4O7/c1-3-9(2)14(17(27)28)20-16(26)11-5-4-6-21(11)12(22)8-19-15(25)10(18)7-13(23)24/h9-11,14H,3-8,18H2,1-2H3,(H,19,25)(H,20,26)(H,23,24)(H,27,28). The van der Waals surface area contributed by atoms with E-state index in [1.54, 1.807) is 6.92 Å². The molecule has 0 bridgehead atoms. The number of carboxylic acids is 2. The third-order valence-electron chi connectivity index (χ3n) is 4.80. The quantitative estimate of drug-likeness (QED) is 0.294. The lowest BCUT2D eigenvalue weighted by molar-refractivity contribution is -0.145. The van der Waals surface area contributed by atoms with Crippen molar-refractivity contribution in [1.29, 1.82) is 0 Å². The molecule has 0 aromatic carbocycles. The van der Waals surface area contributed by atoms with E-state index in [4.69, 9.17) is 10.8 Å². The van der Waals surface area contributed by atoms with Gasteiger partial charge in [0.1, 0.15) is 12.1 Å². The average Bonchev–Trinajstić information content (AvgIpc) is 3.12. The second-order valence-corrected chi connectivity index (χ2v) is 6.88. The van der Waals surface area contributed by atoms with Crippen LogP contribution in [0.5, 0.6) is 0 Å². The smallest absolute Gasteiger partial charge is 0.326 e. The second kappa shape index (κ2) is 10.6. The Morgan fingerprint density at radius 1 is 1.21 bits per heavy atom. The lowest BCUT2D eigenvalue weighted by Gasteiger charge is -2.27. The van der Waals surface area contributed by atoms with Gasteiger partial charge in [0.2, 0.25) is 17.7 Å². The largest absolute Gasteiger partial charge is 0.481 e. The number of carbonyl (C=O) groups excluding carboxylic acids is 3. The first-order valence-electron chi connectivity index (χ1n) is 9.16. The first kappa shape index (κ1) is 23.3. The molecule has 0 aliphatic carbocycles. The van der Waals surface area contributed by atoms with Gasteiger partial charge in [0.15, 0.2) is 0 Å². The molecule has 4 atom stereocenters. The van der Waals surface area contributed by atoms with Gasteiger partial charge in [-0.25, -0.2) is 4.79 Å². The van der Waals surface area contributed by atoms with E-state index in [0.717, 1.165) is 0 Å². The van der Waals surface area contributed by atoms with Gasteiger partial charge in [-0.3, -0.25) is 19.2 Å². The van der Waals surface area contributed by atoms with E-state index in [9.17, 15) is 29.1 Å². The summed E-state index contributed by atoms with van der Waals surface area (Å²) in [5, 5.41) is 22.7. The number of carbonyl (C=O) groups is 5. The Kier molecular flexibility index (Phi) is 8.83. The lowest BCUT2D eigenvalue weighted by Crippen LogP contribution is -2.54. The number of amides is 3. The summed E-state index contributed by atoms with van der Waals surface area (Å²) in [6.07, 6.45) is 0.947. The number of nitrogens with two attached hydrogens (primary N) is 1. The van der Waals surface area contributed by atoms with Crippen LogP contribution in [0.15, 0.2) is 0 Å². The Morgan fingerprint density at radius 3 is 2.39 bits per heavy atom. The molecule has 0 saturated carbocycles. The topological polar surface area (TPSA) is 179 Å². The average molecular weight is 400 g/mol. The zero-order valence-electron chi connectivity index (χ0n) is 16.0. The molecule has 11 nitrogen and oxygen atoms in total. The fraction of sp³-hybridized carbons (Fsp3) is 0.706. The first-order valence-corrected chi connectivity index (χ1v) is 9.16. The van der Waals surface area contributed by atoms with Crippen LogP contribution in [0.1, 0.15) is 39.5 Å². The Morgan fingerprint density at radius 2 is 1.86 bits per heavy atom. The van der Waals surface area contributed by atoms with Gasteiger partial charge in [-0.15, -0.1) is 0 Å². The highest BCUT2D eigenvalue weighted by Gasteiger charge is 2.36. The van der Waals surface area contributed by atoms with E-state index < -0.39 is 60.8 Å². The summed E-state index contributed by atoms with van der Waals surface area (Å²) in [5.74, 6) is -4.50. The summed E-state index contributed by atoms with van der Waals surface area (Å²) in [7, 11) is 0. The minimum atomic E-state index is -1.28. The fourth-order valence-electron chi connectivity index (χ4n) is 2.95. The zero-order chi connectivity index (χ0) is 21.4. The molecule has 0 radical (unpaired) electrons. The van der Waals surface area contributed by atoms with E-state index in [-0.39, 0.29) is 5.92 Å². The monoisotopic (exact) mass is 400 g/mol. The van der Waals surface area contributed by atoms with Crippen LogP contribution in [0.4, 0.5) is 0 Å². The SMILES string of the molecule is CCC(C)C(NC(=O)C1CCCN1C(=O)CNC(=O)C(N)CC(=O)O)C(=O)O. The van der Waals surface area contributed by atoms with E-state index in [1.807, 2.05) is 6.92 Å². The summed E-state index contributed by atoms with van der Waals surface area (Å²) in [6.45, 7) is 3.40. The molecule has 1 fully saturated rings. The Hall–Kier alpha value is -2.69. The normalized spacial score (nSPS) is 19.4. The maximum atomic E-state index is 12.5. The molecule has 3 amide bonds. The molecule has 6 N–H and O–H groups in total. The van der Waals surface area contributed by atoms with Gasteiger partial charge in [-0.2, -0.15) is 0 Å². The number of rotatable bonds is 10. The van der Waals surface area contributed by atoms with Crippen molar-refractivity contribution in [1.82, 2.24) is 15.5 Å². The summed E-state index contributed by atoms with van der Waals surface area (Å²) >= 11 is 0. The van der Waals surface area contributed by atoms with Gasteiger partial charge < -0.3 is 31.5 Å². The molecule has 1 aliphatic rings. The number of hydrogen-bond acceptors (Lipinski definition) is 6. The van der Waals surface area contributed by atoms with Crippen molar-refractivity contribution in [3.05, 3.63) is 0 Å². The number of hydrogen-bond donors (Lipinski definition) is 5. The lowest BCUT2D eigenvalue weighted by atomic mass is 9.99. The summed E-state index contributed by atoms with van der Waals surface area (Å²) in [4.78, 5) is 59.9. The molecule has 28 heavy (non-hydrogen) atoms. The summed E-state index contributed by atoms with van der Waals surface area (Å²) in [5.41, 5.74) is 5.42. The van der Waals surface area contributed by atoms with E-state index >= 15 is 0 Å².